The number of nitrogens with zero attached hydrogens (tertiary/aromatic N) is 6. The van der Waals surface area contributed by atoms with Gasteiger partial charge in [-0.1, -0.05) is 12.1 Å². The molecule has 3 heterocycles. The van der Waals surface area contributed by atoms with Crippen LogP contribution >= 0.6 is 0 Å². The molecule has 10 nitrogen and oxygen atoms in total. The van der Waals surface area contributed by atoms with Crippen molar-refractivity contribution in [3.8, 4) is 5.75 Å². The van der Waals surface area contributed by atoms with Crippen LogP contribution in [0.2, 0.25) is 0 Å². The van der Waals surface area contributed by atoms with Gasteiger partial charge in [0.1, 0.15) is 24.5 Å². The molecule has 150 valence electrons. The van der Waals surface area contributed by atoms with Gasteiger partial charge < -0.3 is 19.5 Å². The highest BCUT2D eigenvalue weighted by molar-refractivity contribution is 5.87. The highest BCUT2D eigenvalue weighted by Crippen LogP contribution is 2.18. The minimum atomic E-state index is -0.381. The summed E-state index contributed by atoms with van der Waals surface area (Å²) in [6, 6.07) is 9.19. The van der Waals surface area contributed by atoms with Gasteiger partial charge in [-0.05, 0) is 30.7 Å². The second kappa shape index (κ2) is 8.55. The molecule has 0 unspecified atom stereocenters. The van der Waals surface area contributed by atoms with Gasteiger partial charge in [-0.2, -0.15) is 4.98 Å². The third-order valence-electron chi connectivity index (χ3n) is 4.47. The molecule has 0 fully saturated rings. The van der Waals surface area contributed by atoms with Gasteiger partial charge in [0, 0.05) is 19.3 Å². The van der Waals surface area contributed by atoms with E-state index >= 15 is 0 Å². The molecule has 1 aliphatic heterocycles. The highest BCUT2D eigenvalue weighted by atomic mass is 16.5. The lowest BCUT2D eigenvalue weighted by Gasteiger charge is -2.27. The van der Waals surface area contributed by atoms with E-state index in [4.69, 9.17) is 4.74 Å². The van der Waals surface area contributed by atoms with Crippen molar-refractivity contribution in [1.29, 1.82) is 0 Å². The predicted molar refractivity (Wildman–Crippen MR) is 107 cm³/mol. The maximum Gasteiger partial charge on any atom is 0.321 e. The van der Waals surface area contributed by atoms with Crippen molar-refractivity contribution < 1.29 is 9.53 Å². The minimum Gasteiger partial charge on any atom is -0.492 e. The van der Waals surface area contributed by atoms with Gasteiger partial charge in [-0.3, -0.25) is 5.32 Å². The number of nitrogens with one attached hydrogen (secondary N) is 2. The van der Waals surface area contributed by atoms with Gasteiger partial charge >= 0.3 is 6.03 Å². The summed E-state index contributed by atoms with van der Waals surface area (Å²) in [5, 5.41) is 13.4. The Balaban J connectivity index is 1.26. The lowest BCUT2D eigenvalue weighted by Crippen LogP contribution is -2.35. The molecule has 0 radical (unpaired) electrons. The molecule has 0 saturated heterocycles. The molecule has 10 heteroatoms. The van der Waals surface area contributed by atoms with E-state index in [0.717, 1.165) is 36.0 Å². The van der Waals surface area contributed by atoms with Crippen molar-refractivity contribution in [3.05, 3.63) is 54.2 Å². The number of anilines is 2. The third kappa shape index (κ3) is 4.78. The van der Waals surface area contributed by atoms with Crippen molar-refractivity contribution >= 4 is 17.8 Å². The maximum atomic E-state index is 12.1. The summed E-state index contributed by atoms with van der Waals surface area (Å²) in [4.78, 5) is 22.7. The van der Waals surface area contributed by atoms with E-state index in [1.54, 1.807) is 12.5 Å². The Labute approximate surface area is 167 Å². The number of hydrogen-bond acceptors (Lipinski definition) is 7. The molecule has 0 bridgehead atoms. The molecule has 0 saturated carbocycles. The highest BCUT2D eigenvalue weighted by Gasteiger charge is 2.19. The first kappa shape index (κ1) is 18.7. The zero-order valence-corrected chi connectivity index (χ0v) is 16.1. The summed E-state index contributed by atoms with van der Waals surface area (Å²) in [6.07, 6.45) is 3.35. The summed E-state index contributed by atoms with van der Waals surface area (Å²) in [7, 11) is 0. The number of carbonyl (C=O) groups excluding carboxylic acids is 1. The van der Waals surface area contributed by atoms with E-state index in [-0.39, 0.29) is 12.0 Å². The average Bonchev–Trinajstić information content (AvgIpc) is 3.19. The number of carbonyl (C=O) groups is 1. The molecule has 2 N–H and O–H groups in total. The number of benzene rings is 1. The number of aryl methyl sites for hydroxylation is 1. The van der Waals surface area contributed by atoms with Gasteiger partial charge in [0.2, 0.25) is 5.95 Å². The maximum absolute atomic E-state index is 12.1. The van der Waals surface area contributed by atoms with Gasteiger partial charge in [0.05, 0.1) is 13.1 Å². The fourth-order valence-electron chi connectivity index (χ4n) is 3.03. The number of aromatic nitrogens is 5. The lowest BCUT2D eigenvalue weighted by molar-refractivity contribution is 0.247. The summed E-state index contributed by atoms with van der Waals surface area (Å²) < 4.78 is 7.63. The fourth-order valence-corrected chi connectivity index (χ4v) is 3.03. The van der Waals surface area contributed by atoms with Crippen LogP contribution in [-0.4, -0.2) is 50.5 Å². The summed E-state index contributed by atoms with van der Waals surface area (Å²) in [5.74, 6) is 2.63. The minimum absolute atomic E-state index is 0.242. The van der Waals surface area contributed by atoms with Crippen molar-refractivity contribution in [2.24, 2.45) is 0 Å². The van der Waals surface area contributed by atoms with Crippen molar-refractivity contribution in [2.45, 2.75) is 20.0 Å². The van der Waals surface area contributed by atoms with Gasteiger partial charge in [-0.15, -0.1) is 10.2 Å². The lowest BCUT2D eigenvalue weighted by atomic mass is 10.2. The van der Waals surface area contributed by atoms with Crippen LogP contribution in [0.25, 0.3) is 0 Å². The summed E-state index contributed by atoms with van der Waals surface area (Å²) >= 11 is 0. The zero-order valence-electron chi connectivity index (χ0n) is 16.1. The summed E-state index contributed by atoms with van der Waals surface area (Å²) in [6.45, 7) is 4.91. The smallest absolute Gasteiger partial charge is 0.321 e. The Morgan fingerprint density at radius 1 is 1.28 bits per heavy atom. The third-order valence-corrected chi connectivity index (χ3v) is 4.47. The Morgan fingerprint density at radius 3 is 3.10 bits per heavy atom. The molecular formula is C19H22N8O2. The largest absolute Gasteiger partial charge is 0.492 e. The van der Waals surface area contributed by atoms with Crippen LogP contribution in [0.15, 0.2) is 42.9 Å². The quantitative estimate of drug-likeness (QED) is 0.611. The number of fused-ring (bicyclic) bond motifs is 1. The molecule has 29 heavy (non-hydrogen) atoms. The van der Waals surface area contributed by atoms with Crippen molar-refractivity contribution in [2.75, 3.05) is 29.9 Å². The first-order valence-electron chi connectivity index (χ1n) is 9.36. The number of rotatable bonds is 6. The van der Waals surface area contributed by atoms with E-state index in [0.29, 0.717) is 19.7 Å². The molecule has 1 aliphatic rings. The first-order valence-corrected chi connectivity index (χ1v) is 9.36. The van der Waals surface area contributed by atoms with Crippen molar-refractivity contribution in [1.82, 2.24) is 30.0 Å². The van der Waals surface area contributed by atoms with Gasteiger partial charge in [0.15, 0.2) is 5.82 Å². The molecule has 4 rings (SSSR count). The second-order valence-corrected chi connectivity index (χ2v) is 6.65. The molecule has 0 spiro atoms. The molecule has 0 atom stereocenters. The van der Waals surface area contributed by atoms with E-state index < -0.39 is 0 Å². The summed E-state index contributed by atoms with van der Waals surface area (Å²) in [5.41, 5.74) is 1.12. The molecule has 2 aromatic heterocycles. The number of ether oxygens (including phenoxy) is 1. The van der Waals surface area contributed by atoms with Crippen LogP contribution in [0, 0.1) is 6.92 Å². The Bertz CT molecular complexity index is 990. The van der Waals surface area contributed by atoms with Crippen LogP contribution in [-0.2, 0) is 13.1 Å². The van der Waals surface area contributed by atoms with Crippen LogP contribution in [0.4, 0.5) is 16.6 Å². The normalized spacial score (nSPS) is 12.9. The van der Waals surface area contributed by atoms with E-state index in [1.165, 1.54) is 0 Å². The van der Waals surface area contributed by atoms with Crippen LogP contribution in [0.3, 0.4) is 0 Å². The number of amides is 2. The van der Waals surface area contributed by atoms with Crippen LogP contribution in [0.5, 0.6) is 5.75 Å². The Morgan fingerprint density at radius 2 is 2.21 bits per heavy atom. The molecule has 3 aromatic rings. The topological polar surface area (TPSA) is 110 Å². The Hall–Kier alpha value is -3.69. The molecular weight excluding hydrogens is 372 g/mol. The predicted octanol–water partition coefficient (Wildman–Crippen LogP) is 1.60. The second-order valence-electron chi connectivity index (χ2n) is 6.65. The monoisotopic (exact) mass is 394 g/mol. The SMILES string of the molecule is Cc1cccc(OCCNC(=O)Nc2nccc(N3CCn4cnnc4C3)n2)c1. The molecule has 2 amide bonds. The number of urea groups is 1. The fraction of sp³-hybridized carbons (Fsp3) is 0.316. The van der Waals surface area contributed by atoms with Crippen molar-refractivity contribution in [3.63, 3.8) is 0 Å². The van der Waals surface area contributed by atoms with E-state index in [1.807, 2.05) is 41.8 Å². The Kier molecular flexibility index (Phi) is 5.50. The first-order chi connectivity index (χ1) is 14.2. The zero-order chi connectivity index (χ0) is 20.1. The van der Waals surface area contributed by atoms with Crippen LogP contribution in [0.1, 0.15) is 11.4 Å². The molecule has 0 aliphatic carbocycles. The number of hydrogen-bond donors (Lipinski definition) is 2. The average molecular weight is 394 g/mol. The van der Waals surface area contributed by atoms with Crippen LogP contribution < -0.4 is 20.3 Å². The molecule has 1 aromatic carbocycles. The standard InChI is InChI=1S/C19H22N8O2/c1-14-3-2-4-15(11-14)29-10-7-21-19(28)24-18-20-6-5-16(23-18)26-8-9-27-13-22-25-17(27)12-26/h2-6,11,13H,7-10,12H2,1H3,(H2,20,21,23,24,28). The van der Waals surface area contributed by atoms with Gasteiger partial charge in [0.25, 0.3) is 0 Å². The van der Waals surface area contributed by atoms with E-state index in [9.17, 15) is 4.79 Å². The van der Waals surface area contributed by atoms with Gasteiger partial charge in [-0.25, -0.2) is 9.78 Å². The van der Waals surface area contributed by atoms with E-state index in [2.05, 4.69) is 35.7 Å².